The molecule has 0 atom stereocenters. The van der Waals surface area contributed by atoms with Crippen LogP contribution in [0.4, 0.5) is 17.1 Å². The first-order valence-corrected chi connectivity index (χ1v) is 19.6. The summed E-state index contributed by atoms with van der Waals surface area (Å²) in [6, 6.07) is 74.1. The maximum absolute atomic E-state index is 2.43. The lowest BCUT2D eigenvalue weighted by Gasteiger charge is -2.28. The monoisotopic (exact) mass is 713 g/mol. The highest BCUT2D eigenvalue weighted by molar-refractivity contribution is 6.10. The maximum atomic E-state index is 2.43. The van der Waals surface area contributed by atoms with E-state index in [2.05, 4.69) is 219 Å². The van der Waals surface area contributed by atoms with E-state index in [1.807, 2.05) is 0 Å². The molecule has 11 rings (SSSR count). The molecule has 0 saturated heterocycles. The van der Waals surface area contributed by atoms with Gasteiger partial charge >= 0.3 is 0 Å². The third-order valence-corrected chi connectivity index (χ3v) is 12.2. The van der Waals surface area contributed by atoms with Crippen molar-refractivity contribution in [3.05, 3.63) is 211 Å². The normalized spacial score (nSPS) is 13.0. The van der Waals surface area contributed by atoms with Gasteiger partial charge in [-0.1, -0.05) is 166 Å². The highest BCUT2D eigenvalue weighted by Gasteiger charge is 2.35. The first kappa shape index (κ1) is 32.5. The van der Waals surface area contributed by atoms with Crippen LogP contribution in [0.3, 0.4) is 0 Å². The molecule has 56 heavy (non-hydrogen) atoms. The zero-order valence-corrected chi connectivity index (χ0v) is 31.5. The Hall–Kier alpha value is -6.96. The Morgan fingerprint density at radius 1 is 0.304 bits per heavy atom. The summed E-state index contributed by atoms with van der Waals surface area (Å²) in [5, 5.41) is 10.2. The van der Waals surface area contributed by atoms with Crippen molar-refractivity contribution in [2.75, 3.05) is 4.90 Å². The quantitative estimate of drug-likeness (QED) is 0.161. The fourth-order valence-electron chi connectivity index (χ4n) is 9.27. The Balaban J connectivity index is 1.04. The Labute approximate surface area is 327 Å². The fraction of sp³-hybridized carbons (Fsp3) is 0.0545. The molecule has 0 bridgehead atoms. The summed E-state index contributed by atoms with van der Waals surface area (Å²) in [4.78, 5) is 2.43. The minimum Gasteiger partial charge on any atom is -0.310 e. The van der Waals surface area contributed by atoms with Gasteiger partial charge in [0.25, 0.3) is 0 Å². The van der Waals surface area contributed by atoms with Crippen molar-refractivity contribution in [1.82, 2.24) is 0 Å². The van der Waals surface area contributed by atoms with E-state index in [1.54, 1.807) is 0 Å². The molecular formula is C55H39N. The van der Waals surface area contributed by atoms with Crippen LogP contribution in [-0.4, -0.2) is 0 Å². The Morgan fingerprint density at radius 2 is 0.786 bits per heavy atom. The maximum Gasteiger partial charge on any atom is 0.0467 e. The van der Waals surface area contributed by atoms with Gasteiger partial charge in [0.15, 0.2) is 0 Å². The smallest absolute Gasteiger partial charge is 0.0467 e. The van der Waals surface area contributed by atoms with E-state index in [9.17, 15) is 0 Å². The number of nitrogens with zero attached hydrogens (tertiary/aromatic N) is 1. The average molecular weight is 714 g/mol. The molecule has 0 N–H and O–H groups in total. The van der Waals surface area contributed by atoms with Crippen molar-refractivity contribution in [2.24, 2.45) is 0 Å². The number of rotatable bonds is 5. The van der Waals surface area contributed by atoms with Crippen LogP contribution in [-0.2, 0) is 5.41 Å². The summed E-state index contributed by atoms with van der Waals surface area (Å²) in [5.41, 5.74) is 13.5. The molecule has 0 unspecified atom stereocenters. The van der Waals surface area contributed by atoms with Gasteiger partial charge in [-0.05, 0) is 136 Å². The third-order valence-electron chi connectivity index (χ3n) is 12.2. The van der Waals surface area contributed by atoms with Crippen molar-refractivity contribution >= 4 is 60.2 Å². The molecule has 1 aliphatic rings. The van der Waals surface area contributed by atoms with Crippen molar-refractivity contribution in [1.29, 1.82) is 0 Å². The largest absolute Gasteiger partial charge is 0.310 e. The van der Waals surface area contributed by atoms with Crippen molar-refractivity contribution < 1.29 is 0 Å². The summed E-state index contributed by atoms with van der Waals surface area (Å²) in [6.45, 7) is 4.72. The second-order valence-electron chi connectivity index (χ2n) is 15.8. The molecule has 10 aromatic carbocycles. The van der Waals surface area contributed by atoms with Gasteiger partial charge in [-0.25, -0.2) is 0 Å². The van der Waals surface area contributed by atoms with Crippen LogP contribution >= 0.6 is 0 Å². The molecule has 0 heterocycles. The van der Waals surface area contributed by atoms with Gasteiger partial charge < -0.3 is 4.90 Å². The van der Waals surface area contributed by atoms with Crippen LogP contribution in [0.1, 0.15) is 25.0 Å². The van der Waals surface area contributed by atoms with E-state index in [4.69, 9.17) is 0 Å². The van der Waals surface area contributed by atoms with E-state index in [1.165, 1.54) is 87.6 Å². The minimum atomic E-state index is -0.104. The highest BCUT2D eigenvalue weighted by atomic mass is 15.1. The van der Waals surface area contributed by atoms with E-state index in [0.717, 1.165) is 17.1 Å². The summed E-state index contributed by atoms with van der Waals surface area (Å²) < 4.78 is 0. The van der Waals surface area contributed by atoms with Crippen LogP contribution in [0.2, 0.25) is 0 Å². The minimum absolute atomic E-state index is 0.104. The fourth-order valence-corrected chi connectivity index (χ4v) is 9.27. The predicted molar refractivity (Wildman–Crippen MR) is 240 cm³/mol. The number of anilines is 3. The molecule has 0 amide bonds. The lowest BCUT2D eigenvalue weighted by atomic mass is 9.82. The second-order valence-corrected chi connectivity index (χ2v) is 15.8. The van der Waals surface area contributed by atoms with Crippen molar-refractivity contribution in [3.8, 4) is 33.4 Å². The molecule has 1 aliphatic carbocycles. The first-order chi connectivity index (χ1) is 27.5. The van der Waals surface area contributed by atoms with E-state index >= 15 is 0 Å². The Kier molecular flexibility index (Phi) is 7.28. The van der Waals surface area contributed by atoms with Crippen molar-refractivity contribution in [3.63, 3.8) is 0 Å². The van der Waals surface area contributed by atoms with Gasteiger partial charge in [0.1, 0.15) is 0 Å². The van der Waals surface area contributed by atoms with E-state index < -0.39 is 0 Å². The molecule has 0 saturated carbocycles. The van der Waals surface area contributed by atoms with E-state index in [-0.39, 0.29) is 5.41 Å². The summed E-state index contributed by atoms with van der Waals surface area (Å²) in [7, 11) is 0. The van der Waals surface area contributed by atoms with Gasteiger partial charge in [-0.2, -0.15) is 0 Å². The highest BCUT2D eigenvalue weighted by Crippen LogP contribution is 2.51. The molecule has 10 aromatic rings. The first-order valence-electron chi connectivity index (χ1n) is 19.6. The Morgan fingerprint density at radius 3 is 1.46 bits per heavy atom. The standard InChI is InChI=1S/C55H39N/c1-55(2)53-17-8-7-16-49(53)50-31-30-46(35-54(50)55)56(44-28-26-36(27-29-44)42-24-22-39-20-18-37-10-3-5-14-47(37)51(39)33-42)45-13-9-12-41(32-45)43-25-23-40-21-19-38-11-4-6-15-48(38)52(40)34-43/h3-35H,1-2H3. The van der Waals surface area contributed by atoms with Crippen LogP contribution in [0.15, 0.2) is 200 Å². The zero-order chi connectivity index (χ0) is 37.4. The van der Waals surface area contributed by atoms with Crippen LogP contribution in [0.5, 0.6) is 0 Å². The molecule has 1 nitrogen and oxygen atoms in total. The zero-order valence-electron chi connectivity index (χ0n) is 31.5. The molecule has 264 valence electrons. The number of hydrogen-bond acceptors (Lipinski definition) is 1. The summed E-state index contributed by atoms with van der Waals surface area (Å²) in [6.07, 6.45) is 0. The van der Waals surface area contributed by atoms with E-state index in [0.29, 0.717) is 0 Å². The SMILES string of the molecule is CC1(C)c2ccccc2-c2ccc(N(c3ccc(-c4ccc5ccc6ccccc6c5c4)cc3)c3cccc(-c4ccc5ccc6ccccc6c5c4)c3)cc21. The third kappa shape index (κ3) is 5.16. The van der Waals surface area contributed by atoms with Gasteiger partial charge in [0, 0.05) is 22.5 Å². The Bertz CT molecular complexity index is 3170. The number of fused-ring (bicyclic) bond motifs is 9. The second kappa shape index (κ2) is 12.5. The molecule has 1 heteroatoms. The average Bonchev–Trinajstić information content (AvgIpc) is 3.49. The van der Waals surface area contributed by atoms with Crippen LogP contribution < -0.4 is 4.90 Å². The molecule has 0 fully saturated rings. The number of benzene rings is 10. The molecule has 0 radical (unpaired) electrons. The number of hydrogen-bond donors (Lipinski definition) is 0. The molecular weight excluding hydrogens is 675 g/mol. The van der Waals surface area contributed by atoms with Gasteiger partial charge in [0.2, 0.25) is 0 Å². The lowest BCUT2D eigenvalue weighted by molar-refractivity contribution is 0.660. The topological polar surface area (TPSA) is 3.24 Å². The molecule has 0 spiro atoms. The van der Waals surface area contributed by atoms with Gasteiger partial charge in [-0.3, -0.25) is 0 Å². The van der Waals surface area contributed by atoms with Crippen LogP contribution in [0, 0.1) is 0 Å². The predicted octanol–water partition coefficient (Wildman–Crippen LogP) is 15.4. The molecule has 0 aliphatic heterocycles. The summed E-state index contributed by atoms with van der Waals surface area (Å²) in [5.74, 6) is 0. The lowest BCUT2D eigenvalue weighted by Crippen LogP contribution is -2.16. The van der Waals surface area contributed by atoms with Gasteiger partial charge in [0.05, 0.1) is 0 Å². The van der Waals surface area contributed by atoms with Gasteiger partial charge in [-0.15, -0.1) is 0 Å². The van der Waals surface area contributed by atoms with Crippen molar-refractivity contribution in [2.45, 2.75) is 19.3 Å². The molecule has 0 aromatic heterocycles. The summed E-state index contributed by atoms with van der Waals surface area (Å²) >= 11 is 0. The van der Waals surface area contributed by atoms with Crippen LogP contribution in [0.25, 0.3) is 76.5 Å².